The fraction of sp³-hybridized carbons (Fsp3) is 0.357. The topological polar surface area (TPSA) is 173 Å². The van der Waals surface area contributed by atoms with Crippen molar-refractivity contribution in [1.82, 2.24) is 16.1 Å². The van der Waals surface area contributed by atoms with Crippen LogP contribution in [0.15, 0.2) is 51.2 Å². The first-order chi connectivity index (χ1) is 20.2. The number of hydrogen-bond donors (Lipinski definition) is 4. The SMILES string of the molecule is CCOc1cc([C@@H]2NC(=O)NC(C)=C2C(=O)OC)ccc1OC[C@H](O)N/N=C\c1cc(Br)c(OCC#N)c(OCC)c1. The number of rotatable bonds is 14. The molecule has 0 aromatic heterocycles. The van der Waals surface area contributed by atoms with Gasteiger partial charge in [0.1, 0.15) is 12.7 Å². The summed E-state index contributed by atoms with van der Waals surface area (Å²) in [6, 6.07) is 9.07. The quantitative estimate of drug-likeness (QED) is 0.103. The first kappa shape index (κ1) is 32.0. The van der Waals surface area contributed by atoms with E-state index in [0.717, 1.165) is 0 Å². The molecule has 1 aliphatic rings. The Bertz CT molecular complexity index is 1390. The molecule has 2 atom stereocenters. The van der Waals surface area contributed by atoms with Crippen molar-refractivity contribution in [1.29, 1.82) is 5.26 Å². The molecule has 0 unspecified atom stereocenters. The summed E-state index contributed by atoms with van der Waals surface area (Å²) in [5, 5.41) is 28.6. The van der Waals surface area contributed by atoms with Crippen molar-refractivity contribution in [2.45, 2.75) is 33.0 Å². The van der Waals surface area contributed by atoms with Crippen LogP contribution in [0, 0.1) is 11.3 Å². The highest BCUT2D eigenvalue weighted by Gasteiger charge is 2.32. The van der Waals surface area contributed by atoms with Gasteiger partial charge in [-0.2, -0.15) is 10.4 Å². The molecule has 3 rings (SSSR count). The van der Waals surface area contributed by atoms with E-state index in [9.17, 15) is 14.7 Å². The minimum atomic E-state index is -1.18. The van der Waals surface area contributed by atoms with Gasteiger partial charge in [0.15, 0.2) is 35.8 Å². The summed E-state index contributed by atoms with van der Waals surface area (Å²) in [7, 11) is 1.27. The molecule has 0 bridgehead atoms. The molecule has 0 radical (unpaired) electrons. The van der Waals surface area contributed by atoms with E-state index >= 15 is 0 Å². The molecule has 1 heterocycles. The highest BCUT2D eigenvalue weighted by atomic mass is 79.9. The number of nitriles is 1. The molecule has 2 aromatic rings. The monoisotopic (exact) mass is 645 g/mol. The van der Waals surface area contributed by atoms with Crippen LogP contribution >= 0.6 is 15.9 Å². The van der Waals surface area contributed by atoms with Gasteiger partial charge in [-0.1, -0.05) is 6.07 Å². The number of carbonyl (C=O) groups excluding carboxylic acids is 2. The molecule has 1 aliphatic heterocycles. The van der Waals surface area contributed by atoms with Gasteiger partial charge in [0.05, 0.1) is 42.6 Å². The molecule has 2 amide bonds. The van der Waals surface area contributed by atoms with E-state index in [1.54, 1.807) is 44.2 Å². The number of ether oxygens (including phenoxy) is 5. The maximum Gasteiger partial charge on any atom is 0.337 e. The van der Waals surface area contributed by atoms with Crippen molar-refractivity contribution in [3.8, 4) is 29.1 Å². The molecular formula is C28H32BrN5O8. The molecule has 42 heavy (non-hydrogen) atoms. The second-order valence-electron chi connectivity index (χ2n) is 8.62. The molecule has 0 spiro atoms. The lowest BCUT2D eigenvalue weighted by molar-refractivity contribution is -0.136. The van der Waals surface area contributed by atoms with Crippen molar-refractivity contribution in [3.05, 3.63) is 57.2 Å². The van der Waals surface area contributed by atoms with Crippen LogP contribution in [0.1, 0.15) is 37.9 Å². The first-order valence-corrected chi connectivity index (χ1v) is 13.7. The third-order valence-corrected chi connectivity index (χ3v) is 6.31. The van der Waals surface area contributed by atoms with E-state index < -0.39 is 24.3 Å². The Hall–Kier alpha value is -4.48. The number of hydrazone groups is 1. The van der Waals surface area contributed by atoms with Crippen molar-refractivity contribution in [2.24, 2.45) is 5.10 Å². The summed E-state index contributed by atoms with van der Waals surface area (Å²) in [6.07, 6.45) is 0.302. The third kappa shape index (κ3) is 8.27. The van der Waals surface area contributed by atoms with E-state index in [4.69, 9.17) is 28.9 Å². The number of urea groups is 1. The zero-order valence-corrected chi connectivity index (χ0v) is 25.1. The molecule has 4 N–H and O–H groups in total. The van der Waals surface area contributed by atoms with E-state index in [0.29, 0.717) is 57.5 Å². The maximum absolute atomic E-state index is 12.4. The Morgan fingerprint density at radius 2 is 1.90 bits per heavy atom. The number of nitrogens with one attached hydrogen (secondary N) is 3. The fourth-order valence-corrected chi connectivity index (χ4v) is 4.56. The van der Waals surface area contributed by atoms with Gasteiger partial charge < -0.3 is 39.4 Å². The van der Waals surface area contributed by atoms with E-state index in [2.05, 4.69) is 37.1 Å². The van der Waals surface area contributed by atoms with Gasteiger partial charge in [-0.05, 0) is 72.1 Å². The van der Waals surface area contributed by atoms with Gasteiger partial charge in [0.2, 0.25) is 0 Å². The molecule has 224 valence electrons. The average molecular weight is 646 g/mol. The number of nitrogens with zero attached hydrogens (tertiary/aromatic N) is 2. The zero-order chi connectivity index (χ0) is 30.6. The van der Waals surface area contributed by atoms with Crippen molar-refractivity contribution in [3.63, 3.8) is 0 Å². The van der Waals surface area contributed by atoms with Gasteiger partial charge in [-0.15, -0.1) is 0 Å². The van der Waals surface area contributed by atoms with Gasteiger partial charge in [-0.25, -0.2) is 9.59 Å². The summed E-state index contributed by atoms with van der Waals surface area (Å²) in [6.45, 7) is 5.65. The Balaban J connectivity index is 1.69. The number of hydrogen-bond acceptors (Lipinski definition) is 11. The number of carbonyl (C=O) groups is 2. The van der Waals surface area contributed by atoms with E-state index in [1.165, 1.54) is 13.3 Å². The molecular weight excluding hydrogens is 614 g/mol. The number of aliphatic hydroxyl groups is 1. The summed E-state index contributed by atoms with van der Waals surface area (Å²) in [5.74, 6) is 0.954. The van der Waals surface area contributed by atoms with Crippen LogP contribution in [0.4, 0.5) is 4.79 Å². The minimum Gasteiger partial charge on any atom is -0.490 e. The predicted octanol–water partition coefficient (Wildman–Crippen LogP) is 3.27. The molecule has 14 heteroatoms. The Morgan fingerprint density at radius 1 is 1.17 bits per heavy atom. The number of benzene rings is 2. The second-order valence-corrected chi connectivity index (χ2v) is 9.48. The smallest absolute Gasteiger partial charge is 0.337 e. The summed E-state index contributed by atoms with van der Waals surface area (Å²) >= 11 is 3.41. The number of methoxy groups -OCH3 is 1. The first-order valence-electron chi connectivity index (χ1n) is 12.9. The highest BCUT2D eigenvalue weighted by molar-refractivity contribution is 9.10. The lowest BCUT2D eigenvalue weighted by atomic mass is 9.95. The Morgan fingerprint density at radius 3 is 2.60 bits per heavy atom. The number of halogens is 1. The van der Waals surface area contributed by atoms with Crippen LogP contribution in [-0.2, 0) is 9.53 Å². The van der Waals surface area contributed by atoms with Crippen LogP contribution in [-0.4, -0.2) is 63.1 Å². The standard InChI is InChI=1S/C28H32BrN5O8/c1-5-39-21-13-18(25-24(27(36)38-4)16(3)32-28(37)33-25)7-8-20(21)42-15-23(35)34-31-14-17-11-19(29)26(41-10-9-30)22(12-17)40-6-2/h7-8,11-14,23,25,34-35H,5-6,10,15H2,1-4H3,(H2,32,33,37)/b31-14-/t23-,25-/m0/s1. The Kier molecular flexibility index (Phi) is 11.8. The minimum absolute atomic E-state index is 0.131. The number of allylic oxidation sites excluding steroid dienone is 1. The molecule has 0 saturated heterocycles. The zero-order valence-electron chi connectivity index (χ0n) is 23.5. The van der Waals surface area contributed by atoms with Crippen molar-refractivity contribution in [2.75, 3.05) is 33.5 Å². The third-order valence-electron chi connectivity index (χ3n) is 5.72. The largest absolute Gasteiger partial charge is 0.490 e. The molecule has 13 nitrogen and oxygen atoms in total. The second kappa shape index (κ2) is 15.5. The Labute approximate surface area is 251 Å². The normalized spacial score (nSPS) is 15.3. The van der Waals surface area contributed by atoms with Crippen LogP contribution in [0.5, 0.6) is 23.0 Å². The molecule has 0 saturated carbocycles. The van der Waals surface area contributed by atoms with Gasteiger partial charge in [-0.3, -0.25) is 5.43 Å². The average Bonchev–Trinajstić information content (AvgIpc) is 2.95. The van der Waals surface area contributed by atoms with E-state index in [1.807, 2.05) is 13.0 Å². The molecule has 0 aliphatic carbocycles. The van der Waals surface area contributed by atoms with Gasteiger partial charge in [0, 0.05) is 5.70 Å². The predicted molar refractivity (Wildman–Crippen MR) is 155 cm³/mol. The van der Waals surface area contributed by atoms with Crippen LogP contribution in [0.25, 0.3) is 0 Å². The lowest BCUT2D eigenvalue weighted by Gasteiger charge is -2.28. The van der Waals surface area contributed by atoms with Crippen molar-refractivity contribution < 1.29 is 38.4 Å². The molecule has 0 fully saturated rings. The van der Waals surface area contributed by atoms with Crippen LogP contribution in [0.2, 0.25) is 0 Å². The number of esters is 1. The van der Waals surface area contributed by atoms with Crippen LogP contribution < -0.4 is 35.0 Å². The lowest BCUT2D eigenvalue weighted by Crippen LogP contribution is -2.45. The summed E-state index contributed by atoms with van der Waals surface area (Å²) in [4.78, 5) is 24.5. The molecule has 2 aromatic carbocycles. The summed E-state index contributed by atoms with van der Waals surface area (Å²) in [5.41, 5.74) is 4.45. The van der Waals surface area contributed by atoms with Crippen molar-refractivity contribution >= 4 is 34.1 Å². The van der Waals surface area contributed by atoms with E-state index in [-0.39, 0.29) is 18.8 Å². The highest BCUT2D eigenvalue weighted by Crippen LogP contribution is 2.37. The maximum atomic E-state index is 12.4. The van der Waals surface area contributed by atoms with Crippen LogP contribution in [0.3, 0.4) is 0 Å². The van der Waals surface area contributed by atoms with Gasteiger partial charge in [0.25, 0.3) is 0 Å². The summed E-state index contributed by atoms with van der Waals surface area (Å²) < 4.78 is 28.0. The number of amides is 2. The fourth-order valence-electron chi connectivity index (χ4n) is 3.99. The van der Waals surface area contributed by atoms with Gasteiger partial charge >= 0.3 is 12.0 Å². The number of aliphatic hydroxyl groups excluding tert-OH is 1.